The van der Waals surface area contributed by atoms with Crippen molar-refractivity contribution in [2.24, 2.45) is 0 Å². The van der Waals surface area contributed by atoms with Gasteiger partial charge in [-0.2, -0.15) is 63.1 Å². The molecule has 0 atom stereocenters. The van der Waals surface area contributed by atoms with E-state index in [-0.39, 0.29) is 7.43 Å². The molecule has 344 valence electrons. The first-order chi connectivity index (χ1) is 29.0. The van der Waals surface area contributed by atoms with E-state index in [4.69, 9.17) is 63.1 Å². The molecule has 0 radical (unpaired) electrons. The van der Waals surface area contributed by atoms with Crippen LogP contribution in [0.1, 0.15) is 90.5 Å². The SMILES string of the molecule is C.CCOC#N.CCOC#N.CCOC#N.CCOC#N.CCOC#N.CCOC#N.CCOC#N.CCOC#N.CCOC#N.CCOC#N.CCOC#N.CCOC#N. The quantitative estimate of drug-likeness (QED) is 0.184. The van der Waals surface area contributed by atoms with Crippen LogP contribution in [0.15, 0.2) is 0 Å². The first-order valence-corrected chi connectivity index (χ1v) is 17.1. The molecule has 0 aromatic carbocycles. The van der Waals surface area contributed by atoms with E-state index in [0.29, 0.717) is 79.3 Å². The summed E-state index contributed by atoms with van der Waals surface area (Å²) in [6.45, 7) is 27.0. The van der Waals surface area contributed by atoms with Gasteiger partial charge < -0.3 is 56.8 Å². The van der Waals surface area contributed by atoms with Crippen molar-refractivity contribution in [1.82, 2.24) is 0 Å². The van der Waals surface area contributed by atoms with Crippen LogP contribution in [-0.2, 0) is 56.8 Å². The second-order valence-electron chi connectivity index (χ2n) is 6.29. The summed E-state index contributed by atoms with van der Waals surface area (Å²) in [7, 11) is 0. The highest BCUT2D eigenvalue weighted by molar-refractivity contribution is 4.46. The maximum absolute atomic E-state index is 7.59. The van der Waals surface area contributed by atoms with Crippen molar-refractivity contribution in [2.45, 2.75) is 90.5 Å². The molecule has 0 N–H and O–H groups in total. The van der Waals surface area contributed by atoms with E-state index >= 15 is 0 Å². The van der Waals surface area contributed by atoms with Crippen LogP contribution in [0, 0.1) is 138 Å². The van der Waals surface area contributed by atoms with E-state index < -0.39 is 0 Å². The van der Waals surface area contributed by atoms with Gasteiger partial charge in [-0.25, -0.2) is 0 Å². The Hall–Kier alpha value is -8.52. The van der Waals surface area contributed by atoms with Crippen molar-refractivity contribution >= 4 is 0 Å². The summed E-state index contributed by atoms with van der Waals surface area (Å²) in [4.78, 5) is 0. The van der Waals surface area contributed by atoms with Gasteiger partial charge in [0.05, 0.1) is 79.3 Å². The fraction of sp³-hybridized carbons (Fsp3) is 0.676. The van der Waals surface area contributed by atoms with Crippen LogP contribution in [0.4, 0.5) is 0 Å². The van der Waals surface area contributed by atoms with Crippen LogP contribution >= 0.6 is 0 Å². The van der Waals surface area contributed by atoms with Gasteiger partial charge in [-0.3, -0.25) is 0 Å². The van der Waals surface area contributed by atoms with Crippen LogP contribution in [0.25, 0.3) is 0 Å². The Labute approximate surface area is 364 Å². The van der Waals surface area contributed by atoms with E-state index in [1.54, 1.807) is 83.1 Å². The second kappa shape index (κ2) is 174. The lowest BCUT2D eigenvalue weighted by Crippen LogP contribution is -1.73. The van der Waals surface area contributed by atoms with E-state index in [0.717, 1.165) is 0 Å². The maximum atomic E-state index is 7.59. The maximum Gasteiger partial charge on any atom is 0.286 e. The molecule has 0 fully saturated rings. The minimum Gasteiger partial charge on any atom is -0.428 e. The van der Waals surface area contributed by atoms with E-state index in [2.05, 4.69) is 56.8 Å². The molecule has 0 spiro atoms. The predicted molar refractivity (Wildman–Crippen MR) is 214 cm³/mol. The minimum absolute atomic E-state index is 0. The molecule has 0 unspecified atom stereocenters. The number of nitriles is 12. The Morgan fingerprint density at radius 2 is 0.230 bits per heavy atom. The fourth-order valence-corrected chi connectivity index (χ4v) is 0.775. The highest BCUT2D eigenvalue weighted by Gasteiger charge is 1.65. The Morgan fingerprint density at radius 1 is 0.180 bits per heavy atom. The number of hydrogen-bond acceptors (Lipinski definition) is 24. The summed E-state index contributed by atoms with van der Waals surface area (Å²) in [6, 6.07) is 0. The van der Waals surface area contributed by atoms with Gasteiger partial charge in [-0.1, -0.05) is 7.43 Å². The van der Waals surface area contributed by atoms with Gasteiger partial charge in [0, 0.05) is 0 Å². The lowest BCUT2D eigenvalue weighted by atomic mass is 10.9. The summed E-state index contributed by atoms with van der Waals surface area (Å²) >= 11 is 0. The third-order valence-electron chi connectivity index (χ3n) is 2.51. The topological polar surface area (TPSA) is 396 Å². The highest BCUT2D eigenvalue weighted by Crippen LogP contribution is 1.63. The molecule has 61 heavy (non-hydrogen) atoms. The molecular formula is C37H64N12O12. The summed E-state index contributed by atoms with van der Waals surface area (Å²) in [5, 5.41) is 91.1. The molecule has 0 saturated carbocycles. The molecule has 0 rings (SSSR count). The van der Waals surface area contributed by atoms with E-state index in [1.165, 1.54) is 75.1 Å². The Kier molecular flexibility index (Phi) is 254. The zero-order valence-electron chi connectivity index (χ0n) is 36.8. The van der Waals surface area contributed by atoms with Crippen LogP contribution < -0.4 is 0 Å². The van der Waals surface area contributed by atoms with Crippen LogP contribution in [0.2, 0.25) is 0 Å². The summed E-state index contributed by atoms with van der Waals surface area (Å²) in [6.07, 6.45) is 18.2. The third-order valence-corrected chi connectivity index (χ3v) is 2.51. The lowest BCUT2D eigenvalue weighted by Gasteiger charge is -1.76. The predicted octanol–water partition coefficient (Wildman–Crippen LogP) is 6.68. The molecule has 0 heterocycles. The largest absolute Gasteiger partial charge is 0.428 e. The van der Waals surface area contributed by atoms with E-state index in [9.17, 15) is 0 Å². The van der Waals surface area contributed by atoms with Gasteiger partial charge in [-0.05, 0) is 83.1 Å². The molecular weight excluding hydrogens is 804 g/mol. The number of hydrogen-bond donors (Lipinski definition) is 0. The van der Waals surface area contributed by atoms with Gasteiger partial charge >= 0.3 is 0 Å². The van der Waals surface area contributed by atoms with Crippen molar-refractivity contribution in [3.05, 3.63) is 0 Å². The lowest BCUT2D eigenvalue weighted by molar-refractivity contribution is 0.291. The minimum atomic E-state index is 0. The van der Waals surface area contributed by atoms with Gasteiger partial charge in [0.1, 0.15) is 0 Å². The summed E-state index contributed by atoms with van der Waals surface area (Å²) in [5.74, 6) is 0. The molecule has 0 aromatic rings. The van der Waals surface area contributed by atoms with Gasteiger partial charge in [-0.15, -0.1) is 0 Å². The van der Waals surface area contributed by atoms with Gasteiger partial charge in [0.25, 0.3) is 75.1 Å². The molecule has 0 bridgehead atoms. The van der Waals surface area contributed by atoms with Crippen molar-refractivity contribution in [2.75, 3.05) is 79.3 Å². The Morgan fingerprint density at radius 3 is 0.230 bits per heavy atom. The summed E-state index contributed by atoms with van der Waals surface area (Å²) < 4.78 is 49.7. The molecule has 24 heteroatoms. The van der Waals surface area contributed by atoms with Crippen molar-refractivity contribution < 1.29 is 56.8 Å². The Bertz CT molecular complexity index is 889. The van der Waals surface area contributed by atoms with Gasteiger partial charge in [0.2, 0.25) is 0 Å². The van der Waals surface area contributed by atoms with E-state index in [1.807, 2.05) is 0 Å². The fourth-order valence-electron chi connectivity index (χ4n) is 0.775. The molecule has 0 saturated heterocycles. The molecule has 0 aliphatic carbocycles. The average Bonchev–Trinajstić information content (AvgIpc) is 3.24. The second-order valence-corrected chi connectivity index (χ2v) is 6.29. The van der Waals surface area contributed by atoms with Crippen LogP contribution in [0.5, 0.6) is 0 Å². The third kappa shape index (κ3) is 526. The summed E-state index contributed by atoms with van der Waals surface area (Å²) in [5.41, 5.74) is 0. The standard InChI is InChI=1S/12C3H5NO.CH4/c12*1-2-5-3-4;/h12*2H2,1H3;1H4. The first kappa shape index (κ1) is 89.2. The molecule has 0 aliphatic rings. The normalized spacial score (nSPS) is 5.51. The van der Waals surface area contributed by atoms with Crippen molar-refractivity contribution in [1.29, 1.82) is 63.1 Å². The Balaban J connectivity index is -0.0000000374. The average molecular weight is 869 g/mol. The zero-order chi connectivity index (χ0) is 49.5. The number of nitrogens with zero attached hydrogens (tertiary/aromatic N) is 12. The number of ether oxygens (including phenoxy) is 12. The number of rotatable bonds is 12. The monoisotopic (exact) mass is 868 g/mol. The van der Waals surface area contributed by atoms with Gasteiger partial charge in [0.15, 0.2) is 0 Å². The first-order valence-electron chi connectivity index (χ1n) is 17.1. The zero-order valence-corrected chi connectivity index (χ0v) is 36.8. The van der Waals surface area contributed by atoms with Crippen LogP contribution in [0.3, 0.4) is 0 Å². The molecule has 0 amide bonds. The van der Waals surface area contributed by atoms with Crippen LogP contribution in [-0.4, -0.2) is 79.3 Å². The highest BCUT2D eigenvalue weighted by atomic mass is 16.5. The molecule has 24 nitrogen and oxygen atoms in total. The van der Waals surface area contributed by atoms with Crippen molar-refractivity contribution in [3.63, 3.8) is 0 Å². The smallest absolute Gasteiger partial charge is 0.286 e. The molecule has 0 aromatic heterocycles. The van der Waals surface area contributed by atoms with Crippen molar-refractivity contribution in [3.8, 4) is 75.1 Å². The molecule has 0 aliphatic heterocycles.